The molecule has 3 heterocycles. The monoisotopic (exact) mass is 398 g/mol. The molecule has 1 aromatic carbocycles. The number of carboxylic acid groups (broad SMARTS) is 1. The van der Waals surface area contributed by atoms with E-state index in [0.29, 0.717) is 13.1 Å². The number of carbonyl (C=O) groups excluding carboxylic acids is 1. The number of hydrogen-bond donors (Lipinski definition) is 1. The molecule has 5 rings (SSSR count). The van der Waals surface area contributed by atoms with Crippen LogP contribution in [0.2, 0.25) is 0 Å². The summed E-state index contributed by atoms with van der Waals surface area (Å²) in [4.78, 5) is 32.3. The number of aliphatic carboxylic acids is 1. The first-order valence-electron chi connectivity index (χ1n) is 9.04. The zero-order valence-corrected chi connectivity index (χ0v) is 16.2. The number of thiazole rings is 1. The molecule has 1 N–H and O–H groups in total. The standard InChI is InChI=1S/C20H18N2O3S2/c23-18(22-9-7-20(8-10-22)11-12(20)19(24)25)16-6-5-15(26-16)17-21-13-3-1-2-4-14(13)27-17/h1-6,12H,7-11H2,(H,24,25). The summed E-state index contributed by atoms with van der Waals surface area (Å²) in [6, 6.07) is 11.9. The van der Waals surface area contributed by atoms with E-state index in [4.69, 9.17) is 0 Å². The van der Waals surface area contributed by atoms with Crippen LogP contribution in [0, 0.1) is 11.3 Å². The summed E-state index contributed by atoms with van der Waals surface area (Å²) >= 11 is 3.13. The van der Waals surface area contributed by atoms with Gasteiger partial charge in [0.25, 0.3) is 5.91 Å². The Balaban J connectivity index is 1.30. The number of nitrogens with zero attached hydrogens (tertiary/aromatic N) is 2. The second kappa shape index (κ2) is 6.14. The van der Waals surface area contributed by atoms with Crippen LogP contribution >= 0.6 is 22.7 Å². The van der Waals surface area contributed by atoms with E-state index < -0.39 is 5.97 Å². The highest BCUT2D eigenvalue weighted by molar-refractivity contribution is 7.26. The van der Waals surface area contributed by atoms with Crippen LogP contribution in [0.25, 0.3) is 20.1 Å². The highest BCUT2D eigenvalue weighted by Gasteiger charge is 2.59. The number of fused-ring (bicyclic) bond motifs is 1. The third-order valence-electron chi connectivity index (χ3n) is 5.86. The maximum Gasteiger partial charge on any atom is 0.307 e. The number of carboxylic acids is 1. The molecule has 1 aliphatic carbocycles. The summed E-state index contributed by atoms with van der Waals surface area (Å²) in [5, 5.41) is 10.1. The second-order valence-corrected chi connectivity index (χ2v) is 9.51. The van der Waals surface area contributed by atoms with Crippen molar-refractivity contribution in [3.63, 3.8) is 0 Å². The fraction of sp³-hybridized carbons (Fsp3) is 0.350. The van der Waals surface area contributed by atoms with E-state index in [-0.39, 0.29) is 17.2 Å². The number of hydrogen-bond acceptors (Lipinski definition) is 5. The maximum atomic E-state index is 12.9. The van der Waals surface area contributed by atoms with E-state index in [1.54, 1.807) is 11.3 Å². The second-order valence-electron chi connectivity index (χ2n) is 7.40. The van der Waals surface area contributed by atoms with Crippen LogP contribution in [0.1, 0.15) is 28.9 Å². The number of aromatic nitrogens is 1. The van der Waals surface area contributed by atoms with Crippen molar-refractivity contribution in [3.8, 4) is 9.88 Å². The first-order chi connectivity index (χ1) is 13.1. The summed E-state index contributed by atoms with van der Waals surface area (Å²) in [6.45, 7) is 1.30. The third kappa shape index (κ3) is 2.85. The maximum absolute atomic E-state index is 12.9. The Morgan fingerprint density at radius 1 is 1.11 bits per heavy atom. The van der Waals surface area contributed by atoms with Gasteiger partial charge in [-0.15, -0.1) is 22.7 Å². The summed E-state index contributed by atoms with van der Waals surface area (Å²) in [5.41, 5.74) is 0.932. The first kappa shape index (κ1) is 16.9. The Labute approximate surface area is 164 Å². The minimum Gasteiger partial charge on any atom is -0.481 e. The van der Waals surface area contributed by atoms with E-state index in [1.807, 2.05) is 35.2 Å². The molecule has 138 valence electrons. The molecule has 1 amide bonds. The molecule has 3 aromatic rings. The van der Waals surface area contributed by atoms with Crippen molar-refractivity contribution in [3.05, 3.63) is 41.3 Å². The molecular formula is C20H18N2O3S2. The molecule has 2 aromatic heterocycles. The fourth-order valence-electron chi connectivity index (χ4n) is 4.11. The molecule has 1 saturated carbocycles. The molecule has 0 radical (unpaired) electrons. The van der Waals surface area contributed by atoms with Crippen molar-refractivity contribution in [2.24, 2.45) is 11.3 Å². The Morgan fingerprint density at radius 3 is 2.59 bits per heavy atom. The Hall–Kier alpha value is -2.25. The predicted molar refractivity (Wildman–Crippen MR) is 106 cm³/mol. The fourth-order valence-corrected chi connectivity index (χ4v) is 6.10. The Kier molecular flexibility index (Phi) is 3.84. The summed E-state index contributed by atoms with van der Waals surface area (Å²) in [6.07, 6.45) is 2.36. The average molecular weight is 399 g/mol. The van der Waals surface area contributed by atoms with Crippen molar-refractivity contribution in [1.29, 1.82) is 0 Å². The number of likely N-dealkylation sites (tertiary alicyclic amines) is 1. The van der Waals surface area contributed by atoms with Gasteiger partial charge in [0.1, 0.15) is 5.01 Å². The number of piperidine rings is 1. The molecule has 2 fully saturated rings. The van der Waals surface area contributed by atoms with Gasteiger partial charge in [0.05, 0.1) is 25.9 Å². The third-order valence-corrected chi connectivity index (χ3v) is 8.13. The first-order valence-corrected chi connectivity index (χ1v) is 10.7. The van der Waals surface area contributed by atoms with Crippen LogP contribution in [-0.4, -0.2) is 40.0 Å². The normalized spacial score (nSPS) is 20.9. The zero-order chi connectivity index (χ0) is 18.6. The van der Waals surface area contributed by atoms with Gasteiger partial charge in [0.2, 0.25) is 0 Å². The van der Waals surface area contributed by atoms with Crippen molar-refractivity contribution in [1.82, 2.24) is 9.88 Å². The lowest BCUT2D eigenvalue weighted by Gasteiger charge is -2.32. The number of carbonyl (C=O) groups is 2. The molecule has 1 spiro atoms. The topological polar surface area (TPSA) is 70.5 Å². The van der Waals surface area contributed by atoms with Crippen molar-refractivity contribution in [2.75, 3.05) is 13.1 Å². The highest BCUT2D eigenvalue weighted by atomic mass is 32.1. The van der Waals surface area contributed by atoms with Gasteiger partial charge >= 0.3 is 5.97 Å². The van der Waals surface area contributed by atoms with Crippen LogP contribution in [0.3, 0.4) is 0 Å². The van der Waals surface area contributed by atoms with E-state index in [0.717, 1.165) is 44.2 Å². The van der Waals surface area contributed by atoms with Crippen LogP contribution in [0.15, 0.2) is 36.4 Å². The molecule has 2 aliphatic rings. The van der Waals surface area contributed by atoms with Crippen LogP contribution in [-0.2, 0) is 4.79 Å². The molecule has 27 heavy (non-hydrogen) atoms. The summed E-state index contributed by atoms with van der Waals surface area (Å²) in [5.74, 6) is -0.842. The number of para-hydroxylation sites is 1. The Morgan fingerprint density at radius 2 is 1.89 bits per heavy atom. The van der Waals surface area contributed by atoms with Crippen LogP contribution in [0.5, 0.6) is 0 Å². The lowest BCUT2D eigenvalue weighted by molar-refractivity contribution is -0.139. The molecule has 1 saturated heterocycles. The smallest absolute Gasteiger partial charge is 0.307 e. The quantitative estimate of drug-likeness (QED) is 0.712. The largest absolute Gasteiger partial charge is 0.481 e. The molecule has 7 heteroatoms. The van der Waals surface area contributed by atoms with Crippen LogP contribution < -0.4 is 0 Å². The van der Waals surface area contributed by atoms with E-state index in [1.165, 1.54) is 11.3 Å². The van der Waals surface area contributed by atoms with Gasteiger partial charge < -0.3 is 10.0 Å². The number of rotatable bonds is 3. The van der Waals surface area contributed by atoms with Gasteiger partial charge in [0, 0.05) is 13.1 Å². The van der Waals surface area contributed by atoms with Gasteiger partial charge in [0.15, 0.2) is 0 Å². The van der Waals surface area contributed by atoms with Crippen molar-refractivity contribution < 1.29 is 14.7 Å². The molecule has 1 unspecified atom stereocenters. The number of amides is 1. The molecule has 1 aliphatic heterocycles. The van der Waals surface area contributed by atoms with E-state index >= 15 is 0 Å². The highest BCUT2D eigenvalue weighted by Crippen LogP contribution is 2.59. The molecule has 0 bridgehead atoms. The van der Waals surface area contributed by atoms with E-state index in [2.05, 4.69) is 11.1 Å². The summed E-state index contributed by atoms with van der Waals surface area (Å²) < 4.78 is 1.15. The van der Waals surface area contributed by atoms with Gasteiger partial charge in [-0.1, -0.05) is 12.1 Å². The van der Waals surface area contributed by atoms with E-state index in [9.17, 15) is 14.7 Å². The molecule has 1 atom stereocenters. The predicted octanol–water partition coefficient (Wildman–Crippen LogP) is 4.35. The molecule has 5 nitrogen and oxygen atoms in total. The minimum absolute atomic E-state index is 0.0507. The van der Waals surface area contributed by atoms with Crippen molar-refractivity contribution in [2.45, 2.75) is 19.3 Å². The summed E-state index contributed by atoms with van der Waals surface area (Å²) in [7, 11) is 0. The van der Waals surface area contributed by atoms with Crippen LogP contribution in [0.4, 0.5) is 0 Å². The zero-order valence-electron chi connectivity index (χ0n) is 14.6. The molecular weight excluding hydrogens is 380 g/mol. The SMILES string of the molecule is O=C(O)C1CC12CCN(C(=O)c1ccc(-c3nc4ccccc4s3)s1)CC2. The lowest BCUT2D eigenvalue weighted by atomic mass is 9.91. The lowest BCUT2D eigenvalue weighted by Crippen LogP contribution is -2.39. The number of benzene rings is 1. The average Bonchev–Trinajstić information content (AvgIpc) is 3.03. The van der Waals surface area contributed by atoms with Gasteiger partial charge in [-0.05, 0) is 48.9 Å². The Bertz CT molecular complexity index is 1010. The number of thiophene rings is 1. The minimum atomic E-state index is -0.687. The van der Waals surface area contributed by atoms with Gasteiger partial charge in [-0.2, -0.15) is 0 Å². The van der Waals surface area contributed by atoms with Crippen molar-refractivity contribution >= 4 is 44.8 Å². The van der Waals surface area contributed by atoms with Gasteiger partial charge in [-0.3, -0.25) is 9.59 Å². The van der Waals surface area contributed by atoms with Gasteiger partial charge in [-0.25, -0.2) is 4.98 Å².